The number of fused-ring (bicyclic) bond motifs is 1. The van der Waals surface area contributed by atoms with Gasteiger partial charge in [-0.2, -0.15) is 0 Å². The summed E-state index contributed by atoms with van der Waals surface area (Å²) < 4.78 is 10.8. The number of benzene rings is 1. The van der Waals surface area contributed by atoms with E-state index in [0.29, 0.717) is 18.6 Å². The van der Waals surface area contributed by atoms with E-state index in [1.54, 1.807) is 6.20 Å². The molecule has 2 unspecified atom stereocenters. The molecule has 2 heterocycles. The lowest BCUT2D eigenvalue weighted by Crippen LogP contribution is -2.33. The molecule has 144 valence electrons. The first-order valence-electron chi connectivity index (χ1n) is 9.29. The van der Waals surface area contributed by atoms with Gasteiger partial charge in [0.2, 0.25) is 17.7 Å². The predicted molar refractivity (Wildman–Crippen MR) is 98.4 cm³/mol. The van der Waals surface area contributed by atoms with Crippen molar-refractivity contribution in [3.05, 3.63) is 54.6 Å². The Hall–Kier alpha value is -3.22. The maximum atomic E-state index is 12.4. The molecule has 1 aromatic carbocycles. The third-order valence-electron chi connectivity index (χ3n) is 5.11. The van der Waals surface area contributed by atoms with Gasteiger partial charge in [0, 0.05) is 12.1 Å². The Morgan fingerprint density at radius 2 is 1.79 bits per heavy atom. The molecule has 7 heteroatoms. The van der Waals surface area contributed by atoms with Gasteiger partial charge >= 0.3 is 5.97 Å². The van der Waals surface area contributed by atoms with Crippen LogP contribution in [-0.4, -0.2) is 34.2 Å². The van der Waals surface area contributed by atoms with Crippen LogP contribution in [0.3, 0.4) is 0 Å². The zero-order valence-electron chi connectivity index (χ0n) is 15.2. The lowest BCUT2D eigenvalue weighted by molar-refractivity contribution is -0.147. The molecule has 7 nitrogen and oxygen atoms in total. The van der Waals surface area contributed by atoms with E-state index in [0.717, 1.165) is 5.56 Å². The third kappa shape index (κ3) is 3.60. The van der Waals surface area contributed by atoms with Crippen LogP contribution < -0.4 is 0 Å². The van der Waals surface area contributed by atoms with E-state index in [2.05, 4.69) is 4.98 Å². The summed E-state index contributed by atoms with van der Waals surface area (Å²) in [5, 5.41) is 0. The molecule has 1 aromatic heterocycles. The first kappa shape index (κ1) is 18.2. The number of carbonyl (C=O) groups excluding carboxylic acids is 3. The van der Waals surface area contributed by atoms with Crippen LogP contribution >= 0.6 is 0 Å². The van der Waals surface area contributed by atoms with Crippen LogP contribution in [0, 0.1) is 11.8 Å². The number of ether oxygens (including phenoxy) is 1. The van der Waals surface area contributed by atoms with Crippen molar-refractivity contribution in [2.24, 2.45) is 11.8 Å². The summed E-state index contributed by atoms with van der Waals surface area (Å²) in [5.41, 5.74) is 0.884. The lowest BCUT2D eigenvalue weighted by atomic mass is 9.85. The van der Waals surface area contributed by atoms with Gasteiger partial charge in [-0.05, 0) is 12.8 Å². The van der Waals surface area contributed by atoms with E-state index in [4.69, 9.17) is 9.15 Å². The van der Waals surface area contributed by atoms with Gasteiger partial charge in [0.15, 0.2) is 12.4 Å². The van der Waals surface area contributed by atoms with Gasteiger partial charge < -0.3 is 9.15 Å². The number of rotatable bonds is 6. The largest absolute Gasteiger partial charge is 0.456 e. The average molecular weight is 380 g/mol. The minimum atomic E-state index is -0.506. The Bertz CT molecular complexity index is 892. The molecular formula is C21H20N2O5. The Morgan fingerprint density at radius 1 is 1.11 bits per heavy atom. The van der Waals surface area contributed by atoms with Crippen molar-refractivity contribution in [2.45, 2.75) is 25.9 Å². The molecule has 4 rings (SSSR count). The lowest BCUT2D eigenvalue weighted by Gasteiger charge is -2.14. The highest BCUT2D eigenvalue weighted by Gasteiger charge is 2.46. The van der Waals surface area contributed by atoms with Gasteiger partial charge in [-0.25, -0.2) is 4.98 Å². The number of allylic oxidation sites excluding steroid dienone is 2. The number of nitrogens with zero attached hydrogens (tertiary/aromatic N) is 2. The minimum absolute atomic E-state index is 0.0450. The normalized spacial score (nSPS) is 21.1. The molecule has 0 saturated carbocycles. The number of hydrogen-bond acceptors (Lipinski definition) is 6. The van der Waals surface area contributed by atoms with Gasteiger partial charge in [-0.3, -0.25) is 19.3 Å². The maximum Gasteiger partial charge on any atom is 0.308 e. The number of amides is 2. The van der Waals surface area contributed by atoms with Crippen LogP contribution in [0.5, 0.6) is 0 Å². The van der Waals surface area contributed by atoms with Gasteiger partial charge in [0.05, 0.1) is 24.5 Å². The standard InChI is InChI=1S/C21H20N2O5/c24-19(10-11-23-20(25)15-8-4-5-9-16(15)21(23)26)27-13-18-22-12-17(28-18)14-6-2-1-3-7-14/h1-7,12,15-16H,8-11,13H2. The van der Waals surface area contributed by atoms with E-state index < -0.39 is 5.97 Å². The fraction of sp³-hybridized carbons (Fsp3) is 0.333. The summed E-state index contributed by atoms with van der Waals surface area (Å²) in [7, 11) is 0. The molecule has 0 N–H and O–H groups in total. The van der Waals surface area contributed by atoms with E-state index in [9.17, 15) is 14.4 Å². The highest BCUT2D eigenvalue weighted by Crippen LogP contribution is 2.35. The second-order valence-electron chi connectivity index (χ2n) is 6.88. The van der Waals surface area contributed by atoms with Crippen LogP contribution in [0.1, 0.15) is 25.2 Å². The molecule has 2 atom stereocenters. The smallest absolute Gasteiger partial charge is 0.308 e. The topological polar surface area (TPSA) is 89.7 Å². The van der Waals surface area contributed by atoms with Crippen molar-refractivity contribution in [1.82, 2.24) is 9.88 Å². The first-order valence-corrected chi connectivity index (χ1v) is 9.29. The van der Waals surface area contributed by atoms with E-state index in [1.165, 1.54) is 4.90 Å². The van der Waals surface area contributed by atoms with Gasteiger partial charge in [0.25, 0.3) is 0 Å². The minimum Gasteiger partial charge on any atom is -0.456 e. The number of likely N-dealkylation sites (tertiary alicyclic amines) is 1. The zero-order valence-corrected chi connectivity index (χ0v) is 15.2. The summed E-state index contributed by atoms with van der Waals surface area (Å²) in [5.74, 6) is -0.559. The molecular weight excluding hydrogens is 360 g/mol. The maximum absolute atomic E-state index is 12.4. The van der Waals surface area contributed by atoms with E-state index in [1.807, 2.05) is 42.5 Å². The second kappa shape index (κ2) is 7.80. The quantitative estimate of drug-likeness (QED) is 0.435. The second-order valence-corrected chi connectivity index (χ2v) is 6.88. The monoisotopic (exact) mass is 380 g/mol. The van der Waals surface area contributed by atoms with Gasteiger partial charge in [0.1, 0.15) is 0 Å². The molecule has 1 aliphatic heterocycles. The van der Waals surface area contributed by atoms with E-state index >= 15 is 0 Å². The summed E-state index contributed by atoms with van der Waals surface area (Å²) in [6, 6.07) is 9.49. The van der Waals surface area contributed by atoms with E-state index in [-0.39, 0.29) is 49.1 Å². The zero-order chi connectivity index (χ0) is 19.5. The summed E-state index contributed by atoms with van der Waals surface area (Å²) in [6.45, 7) is -0.0485. The average Bonchev–Trinajstić information content (AvgIpc) is 3.30. The molecule has 0 spiro atoms. The molecule has 28 heavy (non-hydrogen) atoms. The Morgan fingerprint density at radius 3 is 2.46 bits per heavy atom. The number of aromatic nitrogens is 1. The van der Waals surface area contributed by atoms with Crippen molar-refractivity contribution in [3.63, 3.8) is 0 Å². The van der Waals surface area contributed by atoms with Crippen molar-refractivity contribution in [1.29, 1.82) is 0 Å². The van der Waals surface area contributed by atoms with Crippen molar-refractivity contribution in [3.8, 4) is 11.3 Å². The van der Waals surface area contributed by atoms with Crippen LogP contribution in [0.25, 0.3) is 11.3 Å². The van der Waals surface area contributed by atoms with Crippen molar-refractivity contribution < 1.29 is 23.5 Å². The number of imide groups is 1. The van der Waals surface area contributed by atoms with Crippen LogP contribution in [0.15, 0.2) is 53.1 Å². The molecule has 0 bridgehead atoms. The molecule has 0 radical (unpaired) electrons. The number of carbonyl (C=O) groups is 3. The van der Waals surface area contributed by atoms with Crippen LogP contribution in [-0.2, 0) is 25.7 Å². The fourth-order valence-electron chi connectivity index (χ4n) is 3.62. The molecule has 2 amide bonds. The number of oxazole rings is 1. The predicted octanol–water partition coefficient (Wildman–Crippen LogP) is 2.73. The molecule has 1 saturated heterocycles. The molecule has 1 aliphatic carbocycles. The Labute approximate surface area is 162 Å². The van der Waals surface area contributed by atoms with Gasteiger partial charge in [-0.1, -0.05) is 42.5 Å². The Kier molecular flexibility index (Phi) is 5.06. The van der Waals surface area contributed by atoms with Gasteiger partial charge in [-0.15, -0.1) is 0 Å². The SMILES string of the molecule is O=C(CCN1C(=O)C2CC=CCC2C1=O)OCc1ncc(-c2ccccc2)o1. The summed E-state index contributed by atoms with van der Waals surface area (Å²) in [4.78, 5) is 42.1. The van der Waals surface area contributed by atoms with Crippen LogP contribution in [0.4, 0.5) is 0 Å². The number of esters is 1. The van der Waals surface area contributed by atoms with Crippen molar-refractivity contribution >= 4 is 17.8 Å². The molecule has 1 fully saturated rings. The molecule has 2 aliphatic rings. The third-order valence-corrected chi connectivity index (χ3v) is 5.11. The highest BCUT2D eigenvalue weighted by atomic mass is 16.5. The fourth-order valence-corrected chi connectivity index (χ4v) is 3.62. The van der Waals surface area contributed by atoms with Crippen LogP contribution in [0.2, 0.25) is 0 Å². The summed E-state index contributed by atoms with van der Waals surface area (Å²) >= 11 is 0. The first-order chi connectivity index (χ1) is 13.6. The summed E-state index contributed by atoms with van der Waals surface area (Å²) in [6.07, 6.45) is 6.58. The molecule has 2 aromatic rings. The Balaban J connectivity index is 1.27. The highest BCUT2D eigenvalue weighted by molar-refractivity contribution is 6.05. The van der Waals surface area contributed by atoms with Crippen molar-refractivity contribution in [2.75, 3.05) is 6.54 Å². The number of hydrogen-bond donors (Lipinski definition) is 0.